The van der Waals surface area contributed by atoms with Crippen LogP contribution in [0.15, 0.2) is 211 Å². The molecule has 0 aliphatic heterocycles. The lowest BCUT2D eigenvalue weighted by molar-refractivity contribution is 0.672. The predicted octanol–water partition coefficient (Wildman–Crippen LogP) is 14.6. The fraction of sp³-hybridized carbons (Fsp3) is 0. The Hall–Kier alpha value is -7.36. The molecular formula is C52H34N2O. The topological polar surface area (TPSA) is 21.3 Å². The molecule has 0 spiro atoms. The zero-order chi connectivity index (χ0) is 36.3. The van der Waals surface area contributed by atoms with Crippen LogP contribution < -0.4 is 4.90 Å². The summed E-state index contributed by atoms with van der Waals surface area (Å²) in [6.45, 7) is 0. The number of furan rings is 1. The minimum absolute atomic E-state index is 0.867. The lowest BCUT2D eigenvalue weighted by Crippen LogP contribution is -2.10. The maximum absolute atomic E-state index is 6.68. The van der Waals surface area contributed by atoms with Crippen LogP contribution in [0.3, 0.4) is 0 Å². The molecule has 0 radical (unpaired) electrons. The van der Waals surface area contributed by atoms with Gasteiger partial charge in [-0.1, -0.05) is 133 Å². The molecule has 0 amide bonds. The highest BCUT2D eigenvalue weighted by molar-refractivity contribution is 6.19. The highest BCUT2D eigenvalue weighted by Crippen LogP contribution is 2.45. The van der Waals surface area contributed by atoms with Crippen molar-refractivity contribution in [2.24, 2.45) is 0 Å². The van der Waals surface area contributed by atoms with Gasteiger partial charge in [-0.2, -0.15) is 0 Å². The van der Waals surface area contributed by atoms with Crippen molar-refractivity contribution in [2.75, 3.05) is 4.90 Å². The molecule has 0 saturated carbocycles. The second kappa shape index (κ2) is 12.6. The third-order valence-corrected chi connectivity index (χ3v) is 11.0. The highest BCUT2D eigenvalue weighted by Gasteiger charge is 2.21. The lowest BCUT2D eigenvalue weighted by atomic mass is 10.0. The molecular weight excluding hydrogens is 669 g/mol. The van der Waals surface area contributed by atoms with Gasteiger partial charge in [0.15, 0.2) is 0 Å². The Morgan fingerprint density at radius 3 is 1.89 bits per heavy atom. The van der Waals surface area contributed by atoms with Crippen molar-refractivity contribution in [3.8, 4) is 27.9 Å². The normalized spacial score (nSPS) is 11.6. The van der Waals surface area contributed by atoms with Gasteiger partial charge in [-0.3, -0.25) is 0 Å². The SMILES string of the molecule is c1ccc(-c2ccc(N(c3cccc(-c4ccc5c(c4)c4ccccc4n5-c4ccccc4)c3)c3cccc4oc5c6ccccc6ccc5c34)cc2)cc1. The van der Waals surface area contributed by atoms with Crippen LogP contribution in [0.5, 0.6) is 0 Å². The Bertz CT molecular complexity index is 3190. The second-order valence-electron chi connectivity index (χ2n) is 14.1. The number of rotatable bonds is 6. The van der Waals surface area contributed by atoms with E-state index in [1.807, 2.05) is 0 Å². The fourth-order valence-electron chi connectivity index (χ4n) is 8.41. The highest BCUT2D eigenvalue weighted by atomic mass is 16.3. The van der Waals surface area contributed by atoms with Gasteiger partial charge in [-0.25, -0.2) is 0 Å². The maximum Gasteiger partial charge on any atom is 0.143 e. The van der Waals surface area contributed by atoms with Crippen molar-refractivity contribution < 1.29 is 4.42 Å². The summed E-state index contributed by atoms with van der Waals surface area (Å²) in [4.78, 5) is 2.38. The summed E-state index contributed by atoms with van der Waals surface area (Å²) in [6, 6.07) is 73.9. The molecule has 3 nitrogen and oxygen atoms in total. The van der Waals surface area contributed by atoms with E-state index in [0.717, 1.165) is 55.6 Å². The minimum Gasteiger partial charge on any atom is -0.455 e. The van der Waals surface area contributed by atoms with Crippen LogP contribution >= 0.6 is 0 Å². The van der Waals surface area contributed by atoms with Crippen LogP contribution in [-0.4, -0.2) is 4.57 Å². The molecule has 258 valence electrons. The summed E-state index contributed by atoms with van der Waals surface area (Å²) >= 11 is 0. The summed E-state index contributed by atoms with van der Waals surface area (Å²) in [7, 11) is 0. The number of hydrogen-bond acceptors (Lipinski definition) is 2. The third kappa shape index (κ3) is 5.13. The molecule has 3 heteroatoms. The Morgan fingerprint density at radius 1 is 0.382 bits per heavy atom. The quantitative estimate of drug-likeness (QED) is 0.172. The van der Waals surface area contributed by atoms with Gasteiger partial charge in [0, 0.05) is 38.6 Å². The summed E-state index contributed by atoms with van der Waals surface area (Å²) < 4.78 is 9.05. The molecule has 0 aliphatic rings. The zero-order valence-electron chi connectivity index (χ0n) is 29.9. The van der Waals surface area contributed by atoms with E-state index in [2.05, 4.69) is 216 Å². The zero-order valence-corrected chi connectivity index (χ0v) is 29.9. The molecule has 9 aromatic carbocycles. The molecule has 55 heavy (non-hydrogen) atoms. The number of aromatic nitrogens is 1. The van der Waals surface area contributed by atoms with Crippen molar-refractivity contribution in [3.05, 3.63) is 206 Å². The van der Waals surface area contributed by atoms with E-state index < -0.39 is 0 Å². The van der Waals surface area contributed by atoms with Crippen LogP contribution in [0.25, 0.3) is 82.5 Å². The van der Waals surface area contributed by atoms with Crippen LogP contribution in [0.2, 0.25) is 0 Å². The molecule has 2 aromatic heterocycles. The van der Waals surface area contributed by atoms with Gasteiger partial charge >= 0.3 is 0 Å². The van der Waals surface area contributed by atoms with E-state index in [1.165, 1.54) is 43.9 Å². The molecule has 2 heterocycles. The number of anilines is 3. The second-order valence-corrected chi connectivity index (χ2v) is 14.1. The first-order valence-electron chi connectivity index (χ1n) is 18.8. The predicted molar refractivity (Wildman–Crippen MR) is 231 cm³/mol. The van der Waals surface area contributed by atoms with Crippen LogP contribution in [0, 0.1) is 0 Å². The summed E-state index contributed by atoms with van der Waals surface area (Å²) in [6.07, 6.45) is 0. The first kappa shape index (κ1) is 31.2. The van der Waals surface area contributed by atoms with E-state index in [4.69, 9.17) is 4.42 Å². The Labute approximate surface area is 318 Å². The van der Waals surface area contributed by atoms with Gasteiger partial charge in [0.05, 0.1) is 22.1 Å². The van der Waals surface area contributed by atoms with Gasteiger partial charge in [0.1, 0.15) is 11.2 Å². The van der Waals surface area contributed by atoms with Crippen molar-refractivity contribution in [3.63, 3.8) is 0 Å². The average Bonchev–Trinajstić information content (AvgIpc) is 3.81. The van der Waals surface area contributed by atoms with Gasteiger partial charge in [-0.15, -0.1) is 0 Å². The molecule has 0 saturated heterocycles. The number of nitrogens with zero attached hydrogens (tertiary/aromatic N) is 2. The molecule has 0 unspecified atom stereocenters. The van der Waals surface area contributed by atoms with E-state index in [-0.39, 0.29) is 0 Å². The molecule has 0 N–H and O–H groups in total. The van der Waals surface area contributed by atoms with Crippen molar-refractivity contribution in [1.29, 1.82) is 0 Å². The molecule has 11 aromatic rings. The molecule has 11 rings (SSSR count). The molecule has 0 bridgehead atoms. The Balaban J connectivity index is 1.10. The monoisotopic (exact) mass is 702 g/mol. The van der Waals surface area contributed by atoms with Gasteiger partial charge in [0.25, 0.3) is 0 Å². The summed E-state index contributed by atoms with van der Waals surface area (Å²) in [5.41, 5.74) is 13.2. The van der Waals surface area contributed by atoms with E-state index in [0.29, 0.717) is 0 Å². The van der Waals surface area contributed by atoms with Crippen LogP contribution in [-0.2, 0) is 0 Å². The van der Waals surface area contributed by atoms with Gasteiger partial charge < -0.3 is 13.9 Å². The van der Waals surface area contributed by atoms with E-state index in [9.17, 15) is 0 Å². The molecule has 0 atom stereocenters. The Kier molecular flexibility index (Phi) is 7.17. The number of fused-ring (bicyclic) bond motifs is 8. The van der Waals surface area contributed by atoms with Crippen molar-refractivity contribution in [2.45, 2.75) is 0 Å². The third-order valence-electron chi connectivity index (χ3n) is 11.0. The van der Waals surface area contributed by atoms with E-state index >= 15 is 0 Å². The maximum atomic E-state index is 6.68. The first-order chi connectivity index (χ1) is 27.3. The number of para-hydroxylation sites is 2. The van der Waals surface area contributed by atoms with Crippen molar-refractivity contribution in [1.82, 2.24) is 4.57 Å². The fourth-order valence-corrected chi connectivity index (χ4v) is 8.41. The van der Waals surface area contributed by atoms with E-state index in [1.54, 1.807) is 0 Å². The van der Waals surface area contributed by atoms with Crippen LogP contribution in [0.4, 0.5) is 17.1 Å². The lowest BCUT2D eigenvalue weighted by Gasteiger charge is -2.27. The summed E-state index contributed by atoms with van der Waals surface area (Å²) in [5, 5.41) is 6.96. The minimum atomic E-state index is 0.867. The molecule has 0 fully saturated rings. The van der Waals surface area contributed by atoms with Gasteiger partial charge in [-0.05, 0) is 100 Å². The number of benzene rings is 9. The number of hydrogen-bond donors (Lipinski definition) is 0. The standard InChI is InChI=1S/C52H34N2O/c1-3-13-35(14-4-1)36-25-29-41(30-26-36)53(49-23-12-24-50-51(49)45-31-27-37-15-7-8-20-43(37)52(45)55-50)42-19-11-16-38(33-42)39-28-32-48-46(34-39)44-21-9-10-22-47(44)54(48)40-17-5-2-6-18-40/h1-34H. The average molecular weight is 703 g/mol. The first-order valence-corrected chi connectivity index (χ1v) is 18.8. The largest absolute Gasteiger partial charge is 0.455 e. The van der Waals surface area contributed by atoms with Gasteiger partial charge in [0.2, 0.25) is 0 Å². The Morgan fingerprint density at radius 2 is 1.04 bits per heavy atom. The summed E-state index contributed by atoms with van der Waals surface area (Å²) in [5.74, 6) is 0. The van der Waals surface area contributed by atoms with Crippen molar-refractivity contribution >= 4 is 71.6 Å². The molecule has 0 aliphatic carbocycles. The smallest absolute Gasteiger partial charge is 0.143 e. The van der Waals surface area contributed by atoms with Crippen LogP contribution in [0.1, 0.15) is 0 Å².